The number of nitrogens with zero attached hydrogens (tertiary/aromatic N) is 1. The standard InChI is InChI=1S/C26H37NO3S/c1-18-13-15-20(16-14-18)25(28)27(21-11-7-4-8-12-21)22-17-23(19-9-5-3-6-10-19)31-24(22)26(29)30-2/h4,7,9,17-18,20-21,25,28H,3,5-6,8,10-16H2,1-2H3. The molecule has 1 aromatic rings. The van der Waals surface area contributed by atoms with Gasteiger partial charge >= 0.3 is 5.97 Å². The fourth-order valence-electron chi connectivity index (χ4n) is 5.43. The monoisotopic (exact) mass is 443 g/mol. The van der Waals surface area contributed by atoms with Crippen molar-refractivity contribution in [3.8, 4) is 0 Å². The number of ether oxygens (including phenoxy) is 1. The van der Waals surface area contributed by atoms with Crippen molar-refractivity contribution in [1.82, 2.24) is 0 Å². The van der Waals surface area contributed by atoms with Gasteiger partial charge in [-0.3, -0.25) is 0 Å². The molecule has 1 saturated carbocycles. The Balaban J connectivity index is 1.72. The molecule has 5 heteroatoms. The maximum absolute atomic E-state index is 12.8. The van der Waals surface area contributed by atoms with Gasteiger partial charge < -0.3 is 14.7 Å². The van der Waals surface area contributed by atoms with Crippen molar-refractivity contribution in [2.45, 2.75) is 89.8 Å². The van der Waals surface area contributed by atoms with Crippen molar-refractivity contribution >= 4 is 28.6 Å². The number of esters is 1. The van der Waals surface area contributed by atoms with Crippen LogP contribution in [0.15, 0.2) is 24.3 Å². The van der Waals surface area contributed by atoms with Gasteiger partial charge in [-0.1, -0.05) is 38.0 Å². The number of aliphatic hydroxyl groups excluding tert-OH is 1. The van der Waals surface area contributed by atoms with Gasteiger partial charge in [-0.15, -0.1) is 11.3 Å². The summed E-state index contributed by atoms with van der Waals surface area (Å²) >= 11 is 1.54. The van der Waals surface area contributed by atoms with E-state index in [0.717, 1.165) is 61.4 Å². The van der Waals surface area contributed by atoms with Crippen LogP contribution in [0.1, 0.15) is 92.1 Å². The first-order valence-electron chi connectivity index (χ1n) is 12.1. The number of methoxy groups -OCH3 is 1. The van der Waals surface area contributed by atoms with Gasteiger partial charge in [-0.25, -0.2) is 4.79 Å². The van der Waals surface area contributed by atoms with Crippen LogP contribution in [-0.4, -0.2) is 30.5 Å². The molecule has 0 radical (unpaired) electrons. The van der Waals surface area contributed by atoms with E-state index in [2.05, 4.69) is 36.1 Å². The predicted octanol–water partition coefficient (Wildman–Crippen LogP) is 6.55. The van der Waals surface area contributed by atoms with Gasteiger partial charge in [0.15, 0.2) is 0 Å². The predicted molar refractivity (Wildman–Crippen MR) is 128 cm³/mol. The molecule has 2 atom stereocenters. The lowest BCUT2D eigenvalue weighted by Gasteiger charge is -2.42. The quantitative estimate of drug-likeness (QED) is 0.308. The van der Waals surface area contributed by atoms with Gasteiger partial charge in [0.05, 0.1) is 12.8 Å². The van der Waals surface area contributed by atoms with E-state index in [1.807, 2.05) is 0 Å². The van der Waals surface area contributed by atoms with Crippen LogP contribution in [0.25, 0.3) is 5.57 Å². The molecule has 0 bridgehead atoms. The van der Waals surface area contributed by atoms with E-state index in [1.54, 1.807) is 11.3 Å². The van der Waals surface area contributed by atoms with Gasteiger partial charge in [0.25, 0.3) is 0 Å². The third kappa shape index (κ3) is 5.09. The fourth-order valence-corrected chi connectivity index (χ4v) is 6.57. The lowest BCUT2D eigenvalue weighted by molar-refractivity contribution is 0.0590. The number of aliphatic hydroxyl groups is 1. The Hall–Kier alpha value is -1.59. The number of hydrogen-bond donors (Lipinski definition) is 1. The Morgan fingerprint density at radius 2 is 1.97 bits per heavy atom. The molecule has 2 unspecified atom stereocenters. The first-order valence-corrected chi connectivity index (χ1v) is 12.9. The number of carbonyl (C=O) groups is 1. The lowest BCUT2D eigenvalue weighted by Crippen LogP contribution is -2.48. The molecule has 1 N–H and O–H groups in total. The summed E-state index contributed by atoms with van der Waals surface area (Å²) in [7, 11) is 1.46. The van der Waals surface area contributed by atoms with Crippen molar-refractivity contribution in [3.63, 3.8) is 0 Å². The number of rotatable bonds is 6. The molecule has 31 heavy (non-hydrogen) atoms. The van der Waals surface area contributed by atoms with Gasteiger partial charge in [0, 0.05) is 16.8 Å². The molecule has 0 aromatic carbocycles. The summed E-state index contributed by atoms with van der Waals surface area (Å²) in [5.74, 6) is 0.708. The summed E-state index contributed by atoms with van der Waals surface area (Å²) in [4.78, 5) is 16.8. The van der Waals surface area contributed by atoms with Crippen LogP contribution in [0.2, 0.25) is 0 Å². The average Bonchev–Trinajstić information content (AvgIpc) is 3.25. The van der Waals surface area contributed by atoms with Crippen LogP contribution < -0.4 is 4.90 Å². The molecule has 0 saturated heterocycles. The second kappa shape index (κ2) is 10.4. The highest BCUT2D eigenvalue weighted by Crippen LogP contribution is 2.42. The normalized spacial score (nSPS) is 27.5. The van der Waals surface area contributed by atoms with Crippen LogP contribution in [0.4, 0.5) is 5.69 Å². The molecular weight excluding hydrogens is 406 g/mol. The topological polar surface area (TPSA) is 49.8 Å². The van der Waals surface area contributed by atoms with Crippen molar-refractivity contribution in [1.29, 1.82) is 0 Å². The molecule has 1 aromatic heterocycles. The Kier molecular flexibility index (Phi) is 7.55. The lowest BCUT2D eigenvalue weighted by atomic mass is 9.81. The molecule has 0 aliphatic heterocycles. The number of thiophene rings is 1. The molecular formula is C26H37NO3S. The van der Waals surface area contributed by atoms with Gasteiger partial charge in [-0.2, -0.15) is 0 Å². The maximum atomic E-state index is 12.8. The number of hydrogen-bond acceptors (Lipinski definition) is 5. The van der Waals surface area contributed by atoms with Crippen LogP contribution in [0, 0.1) is 11.8 Å². The molecule has 4 rings (SSSR count). The molecule has 1 heterocycles. The smallest absolute Gasteiger partial charge is 0.350 e. The summed E-state index contributed by atoms with van der Waals surface area (Å²) in [5.41, 5.74) is 2.22. The molecule has 0 spiro atoms. The van der Waals surface area contributed by atoms with Crippen LogP contribution in [0.5, 0.6) is 0 Å². The zero-order valence-corrected chi connectivity index (χ0v) is 19.8. The number of anilines is 1. The van der Waals surface area contributed by atoms with Crippen LogP contribution in [0.3, 0.4) is 0 Å². The Bertz CT molecular complexity index is 819. The zero-order chi connectivity index (χ0) is 21.8. The molecule has 4 nitrogen and oxygen atoms in total. The molecule has 3 aliphatic carbocycles. The maximum Gasteiger partial charge on any atom is 0.350 e. The van der Waals surface area contributed by atoms with Crippen molar-refractivity contribution in [3.05, 3.63) is 34.0 Å². The SMILES string of the molecule is COC(=O)c1sc(C2=CCCCC2)cc1N(C1CC=CCC1)C(O)C1CCC(C)CC1. The van der Waals surface area contributed by atoms with E-state index in [-0.39, 0.29) is 17.9 Å². The van der Waals surface area contributed by atoms with Gasteiger partial charge in [0.2, 0.25) is 0 Å². The van der Waals surface area contributed by atoms with Gasteiger partial charge in [0.1, 0.15) is 11.1 Å². The van der Waals surface area contributed by atoms with E-state index < -0.39 is 6.23 Å². The summed E-state index contributed by atoms with van der Waals surface area (Å²) in [6, 6.07) is 2.38. The molecule has 1 fully saturated rings. The summed E-state index contributed by atoms with van der Waals surface area (Å²) in [5, 5.41) is 11.7. The number of allylic oxidation sites excluding steroid dienone is 3. The zero-order valence-electron chi connectivity index (χ0n) is 19.0. The van der Waals surface area contributed by atoms with Crippen molar-refractivity contribution in [2.24, 2.45) is 11.8 Å². The second-order valence-electron chi connectivity index (χ2n) is 9.57. The van der Waals surface area contributed by atoms with Crippen LogP contribution in [-0.2, 0) is 4.74 Å². The largest absolute Gasteiger partial charge is 0.465 e. The Labute approximate surface area is 191 Å². The van der Waals surface area contributed by atoms with Crippen LogP contribution >= 0.6 is 11.3 Å². The van der Waals surface area contributed by atoms with E-state index in [9.17, 15) is 9.90 Å². The first-order chi connectivity index (χ1) is 15.1. The van der Waals surface area contributed by atoms with Crippen molar-refractivity contribution in [2.75, 3.05) is 12.0 Å². The Morgan fingerprint density at radius 3 is 2.61 bits per heavy atom. The summed E-state index contributed by atoms with van der Waals surface area (Å²) in [6.07, 6.45) is 18.2. The first kappa shape index (κ1) is 22.6. The summed E-state index contributed by atoms with van der Waals surface area (Å²) in [6.45, 7) is 2.31. The molecule has 170 valence electrons. The minimum absolute atomic E-state index is 0.213. The highest BCUT2D eigenvalue weighted by Gasteiger charge is 2.36. The second-order valence-corrected chi connectivity index (χ2v) is 10.6. The highest BCUT2D eigenvalue weighted by atomic mass is 32.1. The van der Waals surface area contributed by atoms with E-state index >= 15 is 0 Å². The third-order valence-electron chi connectivity index (χ3n) is 7.37. The van der Waals surface area contributed by atoms with E-state index in [1.165, 1.54) is 38.4 Å². The van der Waals surface area contributed by atoms with E-state index in [4.69, 9.17) is 4.74 Å². The fraction of sp³-hybridized carbons (Fsp3) is 0.654. The molecule has 0 amide bonds. The Morgan fingerprint density at radius 1 is 1.16 bits per heavy atom. The van der Waals surface area contributed by atoms with Gasteiger partial charge in [-0.05, 0) is 75.3 Å². The minimum Gasteiger partial charge on any atom is -0.465 e. The van der Waals surface area contributed by atoms with Crippen molar-refractivity contribution < 1.29 is 14.6 Å². The third-order valence-corrected chi connectivity index (χ3v) is 8.55. The average molecular weight is 444 g/mol. The van der Waals surface area contributed by atoms with E-state index in [0.29, 0.717) is 4.88 Å². The summed E-state index contributed by atoms with van der Waals surface area (Å²) < 4.78 is 5.18. The minimum atomic E-state index is -0.560. The highest BCUT2D eigenvalue weighted by molar-refractivity contribution is 7.15. The number of carbonyl (C=O) groups excluding carboxylic acids is 1. The molecule has 3 aliphatic rings.